The van der Waals surface area contributed by atoms with E-state index in [2.05, 4.69) is 60.8 Å². The Morgan fingerprint density at radius 3 is 1.53 bits per heavy atom. The quantitative estimate of drug-likeness (QED) is 0.0281. The Kier molecular flexibility index (Phi) is 31.6. The van der Waals surface area contributed by atoms with Crippen molar-refractivity contribution in [3.63, 3.8) is 0 Å². The summed E-state index contributed by atoms with van der Waals surface area (Å²) in [5, 5.41) is 23.7. The van der Waals surface area contributed by atoms with E-state index in [1.54, 1.807) is 0 Å². The number of ether oxygens (including phenoxy) is 3. The van der Waals surface area contributed by atoms with Crippen molar-refractivity contribution in [1.82, 2.24) is 5.32 Å². The van der Waals surface area contributed by atoms with Gasteiger partial charge >= 0.3 is 22.3 Å². The highest BCUT2D eigenvalue weighted by molar-refractivity contribution is 7.80. The smallest absolute Gasteiger partial charge is 0.397 e. The fourth-order valence-corrected chi connectivity index (χ4v) is 9.53. The normalized spacial score (nSPS) is 18.8. The molecule has 1 saturated heterocycles. The molecule has 2 aromatic carbocycles. The molecule has 0 saturated carbocycles. The molecule has 0 spiro atoms. The summed E-state index contributed by atoms with van der Waals surface area (Å²) in [6, 6.07) is 19.4. The number of carbonyl (C=O) groups excluding carboxylic acids is 3. The molecule has 68 heavy (non-hydrogen) atoms. The largest absolute Gasteiger partial charge is 0.462 e. The maximum Gasteiger partial charge on any atom is 0.397 e. The number of benzene rings is 2. The van der Waals surface area contributed by atoms with Crippen LogP contribution in [0.2, 0.25) is 0 Å². The molecule has 0 radical (unpaired) electrons. The SMILES string of the molecule is CCCCCCCCCCC[C@H](CC(=O)NC1C(O)OC(CO)[C@@H](OS(=O)(=O)O)[C@@H]1OC(=O)CCCCCCCCCCc1ccccc1)OC(=O)CCCCCCCCCCc1ccccc1. The topological polar surface area (TPSA) is 195 Å². The van der Waals surface area contributed by atoms with Crippen LogP contribution in [0.3, 0.4) is 0 Å². The Balaban J connectivity index is 1.51. The first-order chi connectivity index (χ1) is 33.0. The maximum atomic E-state index is 13.7. The summed E-state index contributed by atoms with van der Waals surface area (Å²) in [4.78, 5) is 40.1. The lowest BCUT2D eigenvalue weighted by molar-refractivity contribution is -0.254. The summed E-state index contributed by atoms with van der Waals surface area (Å²) in [5.41, 5.74) is 2.72. The average Bonchev–Trinajstić information content (AvgIpc) is 3.31. The van der Waals surface area contributed by atoms with Gasteiger partial charge in [-0.3, -0.25) is 18.9 Å². The van der Waals surface area contributed by atoms with Gasteiger partial charge in [0.25, 0.3) is 0 Å². The van der Waals surface area contributed by atoms with E-state index in [0.29, 0.717) is 19.3 Å². The monoisotopic (exact) mass is 974 g/mol. The fraction of sp³-hybridized carbons (Fsp3) is 0.722. The van der Waals surface area contributed by atoms with Gasteiger partial charge < -0.3 is 29.7 Å². The molecule has 3 rings (SSSR count). The molecule has 386 valence electrons. The molecule has 1 heterocycles. The van der Waals surface area contributed by atoms with Crippen LogP contribution < -0.4 is 5.32 Å². The number of hydrogen-bond acceptors (Lipinski definition) is 11. The molecule has 1 aliphatic rings. The zero-order valence-corrected chi connectivity index (χ0v) is 42.1. The van der Waals surface area contributed by atoms with E-state index in [1.807, 2.05) is 12.1 Å². The lowest BCUT2D eigenvalue weighted by Gasteiger charge is -2.43. The summed E-state index contributed by atoms with van der Waals surface area (Å²) >= 11 is 0. The maximum absolute atomic E-state index is 13.7. The summed E-state index contributed by atoms with van der Waals surface area (Å²) < 4.78 is 55.5. The molecule has 13 nitrogen and oxygen atoms in total. The summed E-state index contributed by atoms with van der Waals surface area (Å²) in [6.07, 6.45) is 20.9. The van der Waals surface area contributed by atoms with Gasteiger partial charge in [-0.05, 0) is 62.5 Å². The van der Waals surface area contributed by atoms with Crippen molar-refractivity contribution >= 4 is 28.2 Å². The van der Waals surface area contributed by atoms with Crippen LogP contribution in [0.4, 0.5) is 0 Å². The van der Waals surface area contributed by atoms with Gasteiger partial charge in [0.1, 0.15) is 24.4 Å². The van der Waals surface area contributed by atoms with Crippen LogP contribution in [0.25, 0.3) is 0 Å². The number of aliphatic hydroxyl groups is 2. The second-order valence-corrected chi connectivity index (χ2v) is 19.9. The van der Waals surface area contributed by atoms with Crippen LogP contribution in [-0.4, -0.2) is 84.4 Å². The van der Waals surface area contributed by atoms with Gasteiger partial charge in [-0.2, -0.15) is 8.42 Å². The zero-order valence-electron chi connectivity index (χ0n) is 41.3. The molecule has 0 aliphatic carbocycles. The lowest BCUT2D eigenvalue weighted by Crippen LogP contribution is -2.66. The third-order valence-corrected chi connectivity index (χ3v) is 13.4. The van der Waals surface area contributed by atoms with Crippen molar-refractivity contribution in [2.45, 2.75) is 243 Å². The summed E-state index contributed by atoms with van der Waals surface area (Å²) in [6.45, 7) is 1.34. The Morgan fingerprint density at radius 2 is 1.06 bits per heavy atom. The highest BCUT2D eigenvalue weighted by Crippen LogP contribution is 2.28. The summed E-state index contributed by atoms with van der Waals surface area (Å²) in [7, 11) is -5.17. The van der Waals surface area contributed by atoms with E-state index in [9.17, 15) is 37.6 Å². The van der Waals surface area contributed by atoms with Crippen molar-refractivity contribution in [3.8, 4) is 0 Å². The van der Waals surface area contributed by atoms with Crippen LogP contribution in [0, 0.1) is 0 Å². The highest BCUT2D eigenvalue weighted by Gasteiger charge is 2.50. The number of nitrogens with one attached hydrogen (secondary N) is 1. The Hall–Kier alpha value is -3.40. The van der Waals surface area contributed by atoms with Gasteiger partial charge in [-0.1, -0.05) is 196 Å². The zero-order chi connectivity index (χ0) is 49.1. The minimum absolute atomic E-state index is 0.0282. The second-order valence-electron chi connectivity index (χ2n) is 18.8. The first kappa shape index (κ1) is 58.9. The first-order valence-electron chi connectivity index (χ1n) is 26.3. The van der Waals surface area contributed by atoms with Crippen LogP contribution in [0.15, 0.2) is 60.7 Å². The van der Waals surface area contributed by atoms with Gasteiger partial charge in [-0.15, -0.1) is 0 Å². The van der Waals surface area contributed by atoms with Gasteiger partial charge in [-0.25, -0.2) is 4.18 Å². The third kappa shape index (κ3) is 27.7. The standard InChI is InChI=1S/C54H87NO12S/c1-2-3-4-5-6-7-14-19-30-39-46(64-49(58)40-31-20-15-10-8-12-17-24-33-44-35-26-22-27-36-44)42-48(57)55-51-53(52(67-68(61,62)63)47(43-56)65-54(51)60)66-50(59)41-32-21-16-11-9-13-18-25-34-45-37-28-23-29-38-45/h22-23,26-29,35-38,46-47,51-54,56,60H,2-21,24-25,30-34,39-43H2,1H3,(H,55,57)(H,61,62,63)/t46-,47?,51?,52-,53-,54?/m1/s1. The van der Waals surface area contributed by atoms with E-state index < -0.39 is 71.6 Å². The average molecular weight is 974 g/mol. The molecule has 3 unspecified atom stereocenters. The predicted molar refractivity (Wildman–Crippen MR) is 266 cm³/mol. The predicted octanol–water partition coefficient (Wildman–Crippen LogP) is 11.0. The van der Waals surface area contributed by atoms with Crippen LogP contribution in [-0.2, 0) is 56.0 Å². The Morgan fingerprint density at radius 1 is 0.618 bits per heavy atom. The number of aliphatic hydroxyl groups excluding tert-OH is 2. The molecule has 4 N–H and O–H groups in total. The number of esters is 2. The molecule has 6 atom stereocenters. The van der Waals surface area contributed by atoms with E-state index in [-0.39, 0.29) is 19.3 Å². The van der Waals surface area contributed by atoms with Gasteiger partial charge in [0.2, 0.25) is 5.91 Å². The number of rotatable bonds is 40. The van der Waals surface area contributed by atoms with Crippen molar-refractivity contribution in [3.05, 3.63) is 71.8 Å². The minimum atomic E-state index is -5.17. The molecule has 1 aliphatic heterocycles. The van der Waals surface area contributed by atoms with E-state index in [0.717, 1.165) is 109 Å². The Labute approximate surface area is 409 Å². The van der Waals surface area contributed by atoms with Crippen molar-refractivity contribution in [2.24, 2.45) is 0 Å². The van der Waals surface area contributed by atoms with Crippen molar-refractivity contribution in [2.75, 3.05) is 6.61 Å². The highest BCUT2D eigenvalue weighted by atomic mass is 32.3. The number of hydrogen-bond donors (Lipinski definition) is 4. The summed E-state index contributed by atoms with van der Waals surface area (Å²) in [5.74, 6) is -1.79. The number of amides is 1. The Bertz CT molecular complexity index is 1710. The molecule has 0 bridgehead atoms. The number of unbranched alkanes of at least 4 members (excludes halogenated alkanes) is 22. The lowest BCUT2D eigenvalue weighted by atomic mass is 9.96. The fourth-order valence-electron chi connectivity index (χ4n) is 9.02. The third-order valence-electron chi connectivity index (χ3n) is 12.9. The van der Waals surface area contributed by atoms with Gasteiger partial charge in [0.15, 0.2) is 12.4 Å². The first-order valence-corrected chi connectivity index (χ1v) is 27.7. The minimum Gasteiger partial charge on any atom is -0.462 e. The number of carbonyl (C=O) groups is 3. The van der Waals surface area contributed by atoms with E-state index in [1.165, 1.54) is 62.5 Å². The second kappa shape index (κ2) is 36.5. The number of aryl methyl sites for hydroxylation is 2. The molecule has 1 amide bonds. The van der Waals surface area contributed by atoms with Crippen molar-refractivity contribution in [1.29, 1.82) is 0 Å². The van der Waals surface area contributed by atoms with Gasteiger partial charge in [0, 0.05) is 12.8 Å². The van der Waals surface area contributed by atoms with E-state index in [4.69, 9.17) is 18.4 Å². The molecular weight excluding hydrogens is 887 g/mol. The molecule has 1 fully saturated rings. The van der Waals surface area contributed by atoms with Crippen LogP contribution >= 0.6 is 0 Å². The van der Waals surface area contributed by atoms with Crippen LogP contribution in [0.1, 0.15) is 204 Å². The molecular formula is C54H87NO12S. The van der Waals surface area contributed by atoms with Crippen molar-refractivity contribution < 1.29 is 56.0 Å². The van der Waals surface area contributed by atoms with Gasteiger partial charge in [0.05, 0.1) is 13.0 Å². The molecule has 14 heteroatoms. The molecule has 0 aromatic heterocycles. The molecule has 2 aromatic rings. The van der Waals surface area contributed by atoms with Crippen LogP contribution in [0.5, 0.6) is 0 Å². The van der Waals surface area contributed by atoms with E-state index >= 15 is 0 Å².